The third kappa shape index (κ3) is 2.19. The molecular weight excluding hydrogens is 234 g/mol. The quantitative estimate of drug-likeness (QED) is 0.913. The van der Waals surface area contributed by atoms with Gasteiger partial charge in [0.2, 0.25) is 0 Å². The van der Waals surface area contributed by atoms with E-state index in [0.717, 1.165) is 5.69 Å². The van der Waals surface area contributed by atoms with E-state index < -0.39 is 0 Å². The van der Waals surface area contributed by atoms with Gasteiger partial charge in [-0.1, -0.05) is 25.1 Å². The Balaban J connectivity index is 1.93. The van der Waals surface area contributed by atoms with E-state index in [-0.39, 0.29) is 0 Å². The molecule has 3 unspecified atom stereocenters. The van der Waals surface area contributed by atoms with Crippen molar-refractivity contribution in [1.29, 1.82) is 0 Å². The lowest BCUT2D eigenvalue weighted by molar-refractivity contribution is 0.420. The molecule has 3 heteroatoms. The summed E-state index contributed by atoms with van der Waals surface area (Å²) in [6.07, 6.45) is 4.41. The summed E-state index contributed by atoms with van der Waals surface area (Å²) in [5.74, 6) is 1.25. The molecule has 1 aliphatic carbocycles. The highest BCUT2D eigenvalue weighted by molar-refractivity contribution is 5.33. The lowest BCUT2D eigenvalue weighted by Gasteiger charge is -2.21. The molecule has 1 N–H and O–H groups in total. The number of benzene rings is 1. The van der Waals surface area contributed by atoms with Crippen LogP contribution in [-0.4, -0.2) is 22.9 Å². The second kappa shape index (κ2) is 5.17. The molecule has 0 aliphatic heterocycles. The Morgan fingerprint density at radius 1 is 1.16 bits per heavy atom. The van der Waals surface area contributed by atoms with Gasteiger partial charge in [-0.15, -0.1) is 0 Å². The average Bonchev–Trinajstić information content (AvgIpc) is 3.05. The average molecular weight is 255 g/mol. The van der Waals surface area contributed by atoms with Gasteiger partial charge < -0.3 is 5.32 Å². The molecule has 0 spiro atoms. The highest BCUT2D eigenvalue weighted by atomic mass is 15.3. The van der Waals surface area contributed by atoms with Crippen LogP contribution in [0, 0.1) is 5.92 Å². The molecule has 100 valence electrons. The minimum atomic E-state index is 0.597. The molecule has 0 saturated heterocycles. The molecule has 1 aromatic heterocycles. The molecule has 1 saturated carbocycles. The van der Waals surface area contributed by atoms with E-state index in [9.17, 15) is 0 Å². The van der Waals surface area contributed by atoms with Gasteiger partial charge in [0.15, 0.2) is 0 Å². The highest BCUT2D eigenvalue weighted by Crippen LogP contribution is 2.39. The van der Waals surface area contributed by atoms with Crippen LogP contribution in [0.25, 0.3) is 5.69 Å². The summed E-state index contributed by atoms with van der Waals surface area (Å²) in [4.78, 5) is 0. The second-order valence-electron chi connectivity index (χ2n) is 5.44. The van der Waals surface area contributed by atoms with Crippen LogP contribution >= 0.6 is 0 Å². The number of hydrogen-bond acceptors (Lipinski definition) is 2. The Morgan fingerprint density at radius 2 is 1.95 bits per heavy atom. The first-order chi connectivity index (χ1) is 9.31. The first-order valence-corrected chi connectivity index (χ1v) is 7.08. The van der Waals surface area contributed by atoms with Crippen LogP contribution in [0.3, 0.4) is 0 Å². The summed E-state index contributed by atoms with van der Waals surface area (Å²) < 4.78 is 2.10. The van der Waals surface area contributed by atoms with Gasteiger partial charge in [-0.05, 0) is 44.0 Å². The molecule has 1 heterocycles. The normalized spacial score (nSPS) is 26.7. The zero-order chi connectivity index (χ0) is 13.2. The third-order valence-electron chi connectivity index (χ3n) is 4.48. The van der Waals surface area contributed by atoms with Crippen LogP contribution in [-0.2, 0) is 0 Å². The maximum atomic E-state index is 4.51. The van der Waals surface area contributed by atoms with E-state index in [4.69, 9.17) is 0 Å². The standard InChI is InChI=1S/C16H21N3/c1-12-14(8-9-15(12)17-2)16-10-11-18-19(16)13-6-4-3-5-7-13/h3-7,10-12,14-15,17H,8-9H2,1-2H3. The predicted molar refractivity (Wildman–Crippen MR) is 77.6 cm³/mol. The molecule has 3 rings (SSSR count). The number of aromatic nitrogens is 2. The Labute approximate surface area is 114 Å². The molecule has 1 aliphatic rings. The highest BCUT2D eigenvalue weighted by Gasteiger charge is 2.34. The molecular formula is C16H21N3. The maximum Gasteiger partial charge on any atom is 0.0648 e. The van der Waals surface area contributed by atoms with Crippen molar-refractivity contribution in [3.63, 3.8) is 0 Å². The topological polar surface area (TPSA) is 29.9 Å². The van der Waals surface area contributed by atoms with E-state index in [1.54, 1.807) is 0 Å². The van der Waals surface area contributed by atoms with Crippen molar-refractivity contribution in [3.05, 3.63) is 48.3 Å². The fourth-order valence-corrected chi connectivity index (χ4v) is 3.37. The number of hydrogen-bond donors (Lipinski definition) is 1. The van der Waals surface area contributed by atoms with Crippen LogP contribution < -0.4 is 5.32 Å². The molecule has 2 aromatic rings. The summed E-state index contributed by atoms with van der Waals surface area (Å²) >= 11 is 0. The molecule has 0 bridgehead atoms. The minimum absolute atomic E-state index is 0.597. The zero-order valence-corrected chi connectivity index (χ0v) is 11.6. The molecule has 0 radical (unpaired) electrons. The van der Waals surface area contributed by atoms with Crippen molar-refractivity contribution in [2.24, 2.45) is 5.92 Å². The van der Waals surface area contributed by atoms with Crippen molar-refractivity contribution in [1.82, 2.24) is 15.1 Å². The fraction of sp³-hybridized carbons (Fsp3) is 0.438. The lowest BCUT2D eigenvalue weighted by atomic mass is 9.92. The van der Waals surface area contributed by atoms with Crippen LogP contribution in [0.4, 0.5) is 0 Å². The summed E-state index contributed by atoms with van der Waals surface area (Å²) in [7, 11) is 2.07. The van der Waals surface area contributed by atoms with Crippen molar-refractivity contribution < 1.29 is 0 Å². The molecule has 3 nitrogen and oxygen atoms in total. The zero-order valence-electron chi connectivity index (χ0n) is 11.6. The van der Waals surface area contributed by atoms with E-state index in [1.165, 1.54) is 18.5 Å². The van der Waals surface area contributed by atoms with Gasteiger partial charge in [0.1, 0.15) is 0 Å². The van der Waals surface area contributed by atoms with Crippen LogP contribution in [0.2, 0.25) is 0 Å². The summed E-state index contributed by atoms with van der Waals surface area (Å²) in [5, 5.41) is 7.95. The largest absolute Gasteiger partial charge is 0.317 e. The Kier molecular flexibility index (Phi) is 3.38. The second-order valence-corrected chi connectivity index (χ2v) is 5.44. The van der Waals surface area contributed by atoms with Crippen molar-refractivity contribution >= 4 is 0 Å². The van der Waals surface area contributed by atoms with E-state index in [1.807, 2.05) is 12.3 Å². The minimum Gasteiger partial charge on any atom is -0.317 e. The van der Waals surface area contributed by atoms with Gasteiger partial charge >= 0.3 is 0 Å². The number of nitrogens with one attached hydrogen (secondary N) is 1. The van der Waals surface area contributed by atoms with Gasteiger partial charge in [0.05, 0.1) is 5.69 Å². The van der Waals surface area contributed by atoms with Crippen LogP contribution in [0.15, 0.2) is 42.6 Å². The monoisotopic (exact) mass is 255 g/mol. The van der Waals surface area contributed by atoms with E-state index >= 15 is 0 Å². The number of nitrogens with zero attached hydrogens (tertiary/aromatic N) is 2. The van der Waals surface area contributed by atoms with Crippen LogP contribution in [0.5, 0.6) is 0 Å². The SMILES string of the molecule is CNC1CCC(c2ccnn2-c2ccccc2)C1C. The first kappa shape index (κ1) is 12.4. The van der Waals surface area contributed by atoms with Gasteiger partial charge in [0, 0.05) is 23.9 Å². The third-order valence-corrected chi connectivity index (χ3v) is 4.48. The number of rotatable bonds is 3. The molecule has 19 heavy (non-hydrogen) atoms. The van der Waals surface area contributed by atoms with Gasteiger partial charge in [-0.25, -0.2) is 4.68 Å². The Morgan fingerprint density at radius 3 is 2.63 bits per heavy atom. The maximum absolute atomic E-state index is 4.51. The first-order valence-electron chi connectivity index (χ1n) is 7.08. The lowest BCUT2D eigenvalue weighted by Crippen LogP contribution is -2.29. The van der Waals surface area contributed by atoms with Crippen molar-refractivity contribution in [2.45, 2.75) is 31.7 Å². The molecule has 0 amide bonds. The van der Waals surface area contributed by atoms with Gasteiger partial charge in [-0.3, -0.25) is 0 Å². The van der Waals surface area contributed by atoms with Gasteiger partial charge in [0.25, 0.3) is 0 Å². The smallest absolute Gasteiger partial charge is 0.0648 e. The van der Waals surface area contributed by atoms with Crippen LogP contribution in [0.1, 0.15) is 31.4 Å². The summed E-state index contributed by atoms with van der Waals surface area (Å²) in [6.45, 7) is 2.35. The summed E-state index contributed by atoms with van der Waals surface area (Å²) in [6, 6.07) is 13.2. The molecule has 1 aromatic carbocycles. The molecule has 3 atom stereocenters. The van der Waals surface area contributed by atoms with E-state index in [0.29, 0.717) is 17.9 Å². The fourth-order valence-electron chi connectivity index (χ4n) is 3.37. The Bertz CT molecular complexity index is 532. The molecule has 1 fully saturated rings. The van der Waals surface area contributed by atoms with Crippen molar-refractivity contribution in [2.75, 3.05) is 7.05 Å². The van der Waals surface area contributed by atoms with Crippen molar-refractivity contribution in [3.8, 4) is 5.69 Å². The van der Waals surface area contributed by atoms with Gasteiger partial charge in [-0.2, -0.15) is 5.10 Å². The number of para-hydroxylation sites is 1. The van der Waals surface area contributed by atoms with E-state index in [2.05, 4.69) is 59.4 Å². The summed E-state index contributed by atoms with van der Waals surface area (Å²) in [5.41, 5.74) is 2.50. The Hall–Kier alpha value is -1.61. The predicted octanol–water partition coefficient (Wildman–Crippen LogP) is 2.97.